The summed E-state index contributed by atoms with van der Waals surface area (Å²) in [5, 5.41) is 5.09. The SMILES string of the molecule is C[C@H](NC(=O)c1csc(Br)c1)[C@H]1C[C@H]2CC[C@H]1C2. The van der Waals surface area contributed by atoms with E-state index in [-0.39, 0.29) is 5.91 Å². The first-order valence-electron chi connectivity index (χ1n) is 6.68. The van der Waals surface area contributed by atoms with Crippen molar-refractivity contribution in [3.63, 3.8) is 0 Å². The predicted molar refractivity (Wildman–Crippen MR) is 77.9 cm³/mol. The van der Waals surface area contributed by atoms with Crippen LogP contribution in [0.2, 0.25) is 0 Å². The van der Waals surface area contributed by atoms with Crippen LogP contribution in [0.1, 0.15) is 43.0 Å². The fourth-order valence-electron chi connectivity index (χ4n) is 3.73. The zero-order valence-corrected chi connectivity index (χ0v) is 12.9. The van der Waals surface area contributed by atoms with Crippen LogP contribution in [0.3, 0.4) is 0 Å². The third-order valence-electron chi connectivity index (χ3n) is 4.62. The van der Waals surface area contributed by atoms with E-state index >= 15 is 0 Å². The van der Waals surface area contributed by atoms with E-state index in [9.17, 15) is 4.79 Å². The van der Waals surface area contributed by atoms with Gasteiger partial charge in [0.15, 0.2) is 0 Å². The van der Waals surface area contributed by atoms with Gasteiger partial charge in [0.1, 0.15) is 0 Å². The van der Waals surface area contributed by atoms with Crippen LogP contribution < -0.4 is 5.32 Å². The zero-order valence-electron chi connectivity index (χ0n) is 10.5. The molecule has 0 radical (unpaired) electrons. The van der Waals surface area contributed by atoms with Crippen molar-refractivity contribution in [3.05, 3.63) is 20.8 Å². The summed E-state index contributed by atoms with van der Waals surface area (Å²) in [6, 6.07) is 2.21. The van der Waals surface area contributed by atoms with Gasteiger partial charge in [0.2, 0.25) is 0 Å². The molecule has 1 heterocycles. The smallest absolute Gasteiger partial charge is 0.252 e. The Kier molecular flexibility index (Phi) is 3.50. The molecule has 1 aromatic rings. The van der Waals surface area contributed by atoms with Crippen LogP contribution in [-0.4, -0.2) is 11.9 Å². The van der Waals surface area contributed by atoms with Gasteiger partial charge in [-0.25, -0.2) is 0 Å². The Morgan fingerprint density at radius 2 is 2.33 bits per heavy atom. The van der Waals surface area contributed by atoms with E-state index in [0.717, 1.165) is 21.2 Å². The average molecular weight is 328 g/mol. The normalized spacial score (nSPS) is 31.6. The summed E-state index contributed by atoms with van der Waals surface area (Å²) in [5.74, 6) is 2.58. The molecule has 2 bridgehead atoms. The van der Waals surface area contributed by atoms with Gasteiger partial charge in [-0.15, -0.1) is 11.3 Å². The second-order valence-corrected chi connectivity index (χ2v) is 8.03. The highest BCUT2D eigenvalue weighted by atomic mass is 79.9. The first-order valence-corrected chi connectivity index (χ1v) is 8.35. The monoisotopic (exact) mass is 327 g/mol. The van der Waals surface area contributed by atoms with Crippen molar-refractivity contribution >= 4 is 33.2 Å². The summed E-state index contributed by atoms with van der Waals surface area (Å²) in [4.78, 5) is 12.1. The first kappa shape index (κ1) is 12.7. The minimum Gasteiger partial charge on any atom is -0.349 e. The molecular weight excluding hydrogens is 310 g/mol. The maximum absolute atomic E-state index is 12.1. The van der Waals surface area contributed by atoms with Gasteiger partial charge in [-0.05, 0) is 65.9 Å². The van der Waals surface area contributed by atoms with Crippen LogP contribution in [0, 0.1) is 17.8 Å². The molecule has 98 valence electrons. The zero-order chi connectivity index (χ0) is 12.7. The molecule has 4 heteroatoms. The van der Waals surface area contributed by atoms with Gasteiger partial charge in [0.25, 0.3) is 5.91 Å². The maximum atomic E-state index is 12.1. The second kappa shape index (κ2) is 4.97. The van der Waals surface area contributed by atoms with E-state index < -0.39 is 0 Å². The Balaban J connectivity index is 1.61. The molecule has 0 saturated heterocycles. The van der Waals surface area contributed by atoms with E-state index in [1.807, 2.05) is 11.4 Å². The number of fused-ring (bicyclic) bond motifs is 2. The van der Waals surface area contributed by atoms with Crippen LogP contribution in [0.5, 0.6) is 0 Å². The lowest BCUT2D eigenvalue weighted by Crippen LogP contribution is -2.39. The molecule has 2 nitrogen and oxygen atoms in total. The molecule has 3 rings (SSSR count). The summed E-state index contributed by atoms with van der Waals surface area (Å²) < 4.78 is 1.01. The van der Waals surface area contributed by atoms with E-state index in [4.69, 9.17) is 0 Å². The van der Waals surface area contributed by atoms with Gasteiger partial charge >= 0.3 is 0 Å². The molecule has 1 aromatic heterocycles. The molecule has 1 amide bonds. The Morgan fingerprint density at radius 1 is 1.50 bits per heavy atom. The topological polar surface area (TPSA) is 29.1 Å². The standard InChI is InChI=1S/C14H18BrNOS/c1-8(12-5-9-2-3-10(12)4-9)16-14(17)11-6-13(15)18-7-11/h6-10,12H,2-5H2,1H3,(H,16,17)/t8-,9-,10-,12+/m0/s1. The van der Waals surface area contributed by atoms with Crippen molar-refractivity contribution in [1.29, 1.82) is 0 Å². The van der Waals surface area contributed by atoms with Crippen molar-refractivity contribution in [1.82, 2.24) is 5.32 Å². The number of hydrogen-bond acceptors (Lipinski definition) is 2. The molecule has 0 aromatic carbocycles. The van der Waals surface area contributed by atoms with Crippen molar-refractivity contribution in [2.75, 3.05) is 0 Å². The Labute approximate surface area is 120 Å². The third-order valence-corrected chi connectivity index (χ3v) is 6.13. The molecule has 2 fully saturated rings. The molecule has 1 N–H and O–H groups in total. The summed E-state index contributed by atoms with van der Waals surface area (Å²) in [7, 11) is 0. The van der Waals surface area contributed by atoms with Crippen LogP contribution in [0.15, 0.2) is 15.2 Å². The molecule has 2 saturated carbocycles. The number of nitrogens with one attached hydrogen (secondary N) is 1. The number of rotatable bonds is 3. The summed E-state index contributed by atoms with van der Waals surface area (Å²) >= 11 is 4.96. The lowest BCUT2D eigenvalue weighted by atomic mass is 9.84. The van der Waals surface area contributed by atoms with Crippen LogP contribution in [0.25, 0.3) is 0 Å². The van der Waals surface area contributed by atoms with Gasteiger partial charge in [0.05, 0.1) is 9.35 Å². The van der Waals surface area contributed by atoms with Gasteiger partial charge in [-0.1, -0.05) is 6.42 Å². The minimum atomic E-state index is 0.0761. The molecule has 0 spiro atoms. The van der Waals surface area contributed by atoms with Crippen LogP contribution in [0.4, 0.5) is 0 Å². The number of carbonyl (C=O) groups excluding carboxylic acids is 1. The lowest BCUT2D eigenvalue weighted by molar-refractivity contribution is 0.0915. The van der Waals surface area contributed by atoms with Crippen molar-refractivity contribution < 1.29 is 4.79 Å². The molecule has 0 unspecified atom stereocenters. The first-order chi connectivity index (χ1) is 8.63. The predicted octanol–water partition coefficient (Wildman–Crippen LogP) is 4.07. The lowest BCUT2D eigenvalue weighted by Gasteiger charge is -2.28. The number of halogens is 1. The summed E-state index contributed by atoms with van der Waals surface area (Å²) in [6.07, 6.45) is 5.51. The van der Waals surface area contributed by atoms with Gasteiger partial charge in [-0.3, -0.25) is 4.79 Å². The number of carbonyl (C=O) groups is 1. The van der Waals surface area contributed by atoms with Crippen molar-refractivity contribution in [2.45, 2.75) is 38.6 Å². The van der Waals surface area contributed by atoms with Crippen molar-refractivity contribution in [2.24, 2.45) is 17.8 Å². The fraction of sp³-hybridized carbons (Fsp3) is 0.643. The highest BCUT2D eigenvalue weighted by Gasteiger charge is 2.42. The number of thiophene rings is 1. The van der Waals surface area contributed by atoms with E-state index in [1.165, 1.54) is 25.7 Å². The van der Waals surface area contributed by atoms with Gasteiger partial charge in [-0.2, -0.15) is 0 Å². The highest BCUT2D eigenvalue weighted by Crippen LogP contribution is 2.49. The Hall–Kier alpha value is -0.350. The van der Waals surface area contributed by atoms with Crippen molar-refractivity contribution in [3.8, 4) is 0 Å². The van der Waals surface area contributed by atoms with E-state index in [0.29, 0.717) is 12.0 Å². The maximum Gasteiger partial charge on any atom is 0.252 e. The second-order valence-electron chi connectivity index (χ2n) is 5.74. The Morgan fingerprint density at radius 3 is 2.89 bits per heavy atom. The van der Waals surface area contributed by atoms with E-state index in [1.54, 1.807) is 11.3 Å². The molecule has 2 aliphatic carbocycles. The molecule has 18 heavy (non-hydrogen) atoms. The van der Waals surface area contributed by atoms with Gasteiger partial charge < -0.3 is 5.32 Å². The number of amides is 1. The fourth-order valence-corrected chi connectivity index (χ4v) is 4.87. The van der Waals surface area contributed by atoms with E-state index in [2.05, 4.69) is 28.2 Å². The third kappa shape index (κ3) is 2.37. The van der Waals surface area contributed by atoms with Gasteiger partial charge in [0, 0.05) is 11.4 Å². The van der Waals surface area contributed by atoms with Crippen LogP contribution in [-0.2, 0) is 0 Å². The summed E-state index contributed by atoms with van der Waals surface area (Å²) in [5.41, 5.74) is 0.780. The average Bonchev–Trinajstić information content (AvgIpc) is 3.03. The molecule has 4 atom stereocenters. The van der Waals surface area contributed by atoms with Crippen LogP contribution >= 0.6 is 27.3 Å². The Bertz CT molecular complexity index is 458. The molecular formula is C14H18BrNOS. The quantitative estimate of drug-likeness (QED) is 0.890. The minimum absolute atomic E-state index is 0.0761. The number of hydrogen-bond donors (Lipinski definition) is 1. The summed E-state index contributed by atoms with van der Waals surface area (Å²) in [6.45, 7) is 2.17. The molecule has 0 aliphatic heterocycles. The molecule has 2 aliphatic rings. The highest BCUT2D eigenvalue weighted by molar-refractivity contribution is 9.11. The largest absolute Gasteiger partial charge is 0.349 e.